The number of fused-ring (bicyclic) bond motifs is 1. The van der Waals surface area contributed by atoms with Gasteiger partial charge in [-0.2, -0.15) is 4.31 Å². The summed E-state index contributed by atoms with van der Waals surface area (Å²) in [6.07, 6.45) is 6.60. The Morgan fingerprint density at radius 3 is 2.76 bits per heavy atom. The summed E-state index contributed by atoms with van der Waals surface area (Å²) in [6.45, 7) is 5.14. The molecule has 0 saturated carbocycles. The van der Waals surface area contributed by atoms with E-state index in [0.717, 1.165) is 45.3 Å². The van der Waals surface area contributed by atoms with Gasteiger partial charge in [-0.1, -0.05) is 19.4 Å². The normalized spacial score (nSPS) is 28.9. The summed E-state index contributed by atoms with van der Waals surface area (Å²) in [5, 5.41) is 1.40. The number of hydrogen-bond acceptors (Lipinski definition) is 4. The molecule has 0 aliphatic carbocycles. The van der Waals surface area contributed by atoms with Gasteiger partial charge in [0.2, 0.25) is 10.0 Å². The molecule has 6 heteroatoms. The smallest absolute Gasteiger partial charge is 0.235 e. The predicted molar refractivity (Wildman–Crippen MR) is 84.5 cm³/mol. The first kappa shape index (κ1) is 16.9. The van der Waals surface area contributed by atoms with Crippen LogP contribution in [-0.4, -0.2) is 63.1 Å². The Morgan fingerprint density at radius 2 is 2.05 bits per heavy atom. The zero-order chi connectivity index (χ0) is 15.3. The minimum absolute atomic E-state index is 0.361. The molecule has 0 N–H and O–H groups in total. The van der Waals surface area contributed by atoms with Crippen molar-refractivity contribution >= 4 is 10.0 Å². The quantitative estimate of drug-likeness (QED) is 0.750. The van der Waals surface area contributed by atoms with E-state index < -0.39 is 10.0 Å². The van der Waals surface area contributed by atoms with Gasteiger partial charge in [-0.15, -0.1) is 0 Å². The van der Waals surface area contributed by atoms with E-state index in [4.69, 9.17) is 4.74 Å². The van der Waals surface area contributed by atoms with Crippen LogP contribution in [0.3, 0.4) is 0 Å². The van der Waals surface area contributed by atoms with Crippen LogP contribution in [0.4, 0.5) is 0 Å². The summed E-state index contributed by atoms with van der Waals surface area (Å²) < 4.78 is 31.7. The van der Waals surface area contributed by atoms with Crippen LogP contribution in [0.1, 0.15) is 39.0 Å². The zero-order valence-corrected chi connectivity index (χ0v) is 14.0. The van der Waals surface area contributed by atoms with Gasteiger partial charge in [0.25, 0.3) is 0 Å². The highest BCUT2D eigenvalue weighted by molar-refractivity contribution is 7.92. The van der Waals surface area contributed by atoms with Crippen molar-refractivity contribution in [1.29, 1.82) is 0 Å². The van der Waals surface area contributed by atoms with Gasteiger partial charge in [-0.3, -0.25) is 4.90 Å². The maximum absolute atomic E-state index is 12.4. The Bertz CT molecular complexity index is 450. The monoisotopic (exact) mass is 316 g/mol. The number of ether oxygens (including phenoxy) is 1. The third-order valence-corrected chi connectivity index (χ3v) is 6.00. The lowest BCUT2D eigenvalue weighted by Gasteiger charge is -2.50. The SMILES string of the molecule is CCC/C=C/S(=O)(=O)N1CCCCN2[C@H](COC)C[C@@H]2C1. The topological polar surface area (TPSA) is 49.9 Å². The van der Waals surface area contributed by atoms with Crippen LogP contribution >= 0.6 is 0 Å². The molecule has 21 heavy (non-hydrogen) atoms. The van der Waals surface area contributed by atoms with E-state index in [1.165, 1.54) is 5.41 Å². The van der Waals surface area contributed by atoms with E-state index in [1.54, 1.807) is 17.5 Å². The van der Waals surface area contributed by atoms with Gasteiger partial charge >= 0.3 is 0 Å². The second-order valence-corrected chi connectivity index (χ2v) is 7.83. The predicted octanol–water partition coefficient (Wildman–Crippen LogP) is 1.82. The van der Waals surface area contributed by atoms with Crippen LogP contribution in [0.2, 0.25) is 0 Å². The van der Waals surface area contributed by atoms with Gasteiger partial charge in [0.15, 0.2) is 0 Å². The molecule has 122 valence electrons. The van der Waals surface area contributed by atoms with E-state index in [2.05, 4.69) is 11.8 Å². The number of sulfonamides is 1. The first-order valence-electron chi connectivity index (χ1n) is 8.00. The van der Waals surface area contributed by atoms with Gasteiger partial charge in [0, 0.05) is 37.7 Å². The zero-order valence-electron chi connectivity index (χ0n) is 13.2. The molecule has 0 bridgehead atoms. The van der Waals surface area contributed by atoms with E-state index in [1.807, 2.05) is 0 Å². The summed E-state index contributed by atoms with van der Waals surface area (Å²) in [5.74, 6) is 0. The number of rotatable bonds is 6. The molecule has 0 unspecified atom stereocenters. The Balaban J connectivity index is 1.98. The molecule has 2 aliphatic rings. The third-order valence-electron chi connectivity index (χ3n) is 4.41. The maximum atomic E-state index is 12.4. The highest BCUT2D eigenvalue weighted by Gasteiger charge is 2.40. The van der Waals surface area contributed by atoms with Gasteiger partial charge in [-0.05, 0) is 32.2 Å². The van der Waals surface area contributed by atoms with Crippen LogP contribution in [-0.2, 0) is 14.8 Å². The fraction of sp³-hybridized carbons (Fsp3) is 0.867. The highest BCUT2D eigenvalue weighted by atomic mass is 32.2. The van der Waals surface area contributed by atoms with Crippen LogP contribution in [0.15, 0.2) is 11.5 Å². The molecule has 0 aromatic carbocycles. The fourth-order valence-electron chi connectivity index (χ4n) is 3.23. The van der Waals surface area contributed by atoms with Crippen molar-refractivity contribution in [2.45, 2.75) is 51.1 Å². The Kier molecular flexibility index (Phi) is 6.22. The van der Waals surface area contributed by atoms with E-state index in [-0.39, 0.29) is 0 Å². The second-order valence-electron chi connectivity index (χ2n) is 6.01. The van der Waals surface area contributed by atoms with Gasteiger partial charge in [0.05, 0.1) is 6.61 Å². The number of methoxy groups -OCH3 is 1. The summed E-state index contributed by atoms with van der Waals surface area (Å²) in [4.78, 5) is 2.42. The van der Waals surface area contributed by atoms with Crippen molar-refractivity contribution in [1.82, 2.24) is 9.21 Å². The summed E-state index contributed by atoms with van der Waals surface area (Å²) in [6, 6.07) is 0.832. The summed E-state index contributed by atoms with van der Waals surface area (Å²) >= 11 is 0. The maximum Gasteiger partial charge on any atom is 0.235 e. The Hall–Kier alpha value is -0.430. The lowest BCUT2D eigenvalue weighted by Crippen LogP contribution is -2.62. The van der Waals surface area contributed by atoms with E-state index in [9.17, 15) is 8.42 Å². The molecular weight excluding hydrogens is 288 g/mol. The number of unbranched alkanes of at least 4 members (excludes halogenated alkanes) is 1. The summed E-state index contributed by atoms with van der Waals surface area (Å²) in [7, 11) is -1.52. The highest BCUT2D eigenvalue weighted by Crippen LogP contribution is 2.29. The molecule has 0 spiro atoms. The van der Waals surface area contributed by atoms with E-state index >= 15 is 0 Å². The minimum atomic E-state index is -3.25. The van der Waals surface area contributed by atoms with E-state index in [0.29, 0.717) is 25.2 Å². The number of nitrogens with zero attached hydrogens (tertiary/aromatic N) is 2. The van der Waals surface area contributed by atoms with Crippen molar-refractivity contribution < 1.29 is 13.2 Å². The molecule has 0 amide bonds. The molecule has 0 aromatic heterocycles. The Labute approximate surface area is 129 Å². The Morgan fingerprint density at radius 1 is 1.29 bits per heavy atom. The molecular formula is C15H28N2O3S. The van der Waals surface area contributed by atoms with Crippen molar-refractivity contribution in [2.75, 3.05) is 33.4 Å². The van der Waals surface area contributed by atoms with Gasteiger partial charge in [-0.25, -0.2) is 8.42 Å². The summed E-state index contributed by atoms with van der Waals surface area (Å²) in [5.41, 5.74) is 0. The van der Waals surface area contributed by atoms with Gasteiger partial charge < -0.3 is 4.74 Å². The van der Waals surface area contributed by atoms with Crippen molar-refractivity contribution in [2.24, 2.45) is 0 Å². The van der Waals surface area contributed by atoms with Crippen LogP contribution in [0.25, 0.3) is 0 Å². The first-order chi connectivity index (χ1) is 10.1. The molecule has 5 nitrogen and oxygen atoms in total. The average molecular weight is 316 g/mol. The molecule has 2 heterocycles. The molecule has 0 aromatic rings. The molecule has 2 aliphatic heterocycles. The second kappa shape index (κ2) is 7.72. The standard InChI is InChI=1S/C15H28N2O3S/c1-3-4-7-10-21(18,19)16-8-5-6-9-17-14(12-16)11-15(17)13-20-2/h7,10,14-15H,3-6,8-9,11-13H2,1-2H3/b10-7+/t14-,15+/m1/s1. The molecule has 2 saturated heterocycles. The molecule has 2 fully saturated rings. The van der Waals surface area contributed by atoms with Crippen LogP contribution in [0, 0.1) is 0 Å². The largest absolute Gasteiger partial charge is 0.383 e. The number of hydrogen-bond donors (Lipinski definition) is 0. The minimum Gasteiger partial charge on any atom is -0.383 e. The van der Waals surface area contributed by atoms with Crippen molar-refractivity contribution in [3.05, 3.63) is 11.5 Å². The molecule has 2 atom stereocenters. The fourth-order valence-corrected chi connectivity index (χ4v) is 4.54. The first-order valence-corrected chi connectivity index (χ1v) is 9.50. The number of allylic oxidation sites excluding steroid dienone is 1. The van der Waals surface area contributed by atoms with Crippen molar-refractivity contribution in [3.63, 3.8) is 0 Å². The average Bonchev–Trinajstić information content (AvgIpc) is 2.41. The lowest BCUT2D eigenvalue weighted by molar-refractivity contribution is -0.0401. The third kappa shape index (κ3) is 4.28. The lowest BCUT2D eigenvalue weighted by atomic mass is 9.91. The van der Waals surface area contributed by atoms with Gasteiger partial charge in [0.1, 0.15) is 0 Å². The molecule has 2 rings (SSSR count). The van der Waals surface area contributed by atoms with Crippen molar-refractivity contribution in [3.8, 4) is 0 Å². The van der Waals surface area contributed by atoms with Crippen LogP contribution < -0.4 is 0 Å². The van der Waals surface area contributed by atoms with Crippen LogP contribution in [0.5, 0.6) is 0 Å². The molecule has 0 radical (unpaired) electrons.